The second kappa shape index (κ2) is 9.46. The molecule has 2 bridgehead atoms. The summed E-state index contributed by atoms with van der Waals surface area (Å²) in [4.78, 5) is 53.6. The molecule has 1 N–H and O–H groups in total. The first-order valence-electron chi connectivity index (χ1n) is 12.0. The highest BCUT2D eigenvalue weighted by Gasteiger charge is 2.62. The lowest BCUT2D eigenvalue weighted by molar-refractivity contribution is -0.160. The minimum atomic E-state index is -1.11. The molecule has 3 fully saturated rings. The highest BCUT2D eigenvalue weighted by atomic mass is 35.5. The van der Waals surface area contributed by atoms with Crippen LogP contribution in [0.15, 0.2) is 48.5 Å². The highest BCUT2D eigenvalue weighted by Crippen LogP contribution is 2.56. The van der Waals surface area contributed by atoms with Crippen molar-refractivity contribution >= 4 is 41.0 Å². The predicted octanol–water partition coefficient (Wildman–Crippen LogP) is 3.77. The van der Waals surface area contributed by atoms with Crippen LogP contribution in [0.5, 0.6) is 0 Å². The number of hydrogen-bond donors (Lipinski definition) is 1. The number of imide groups is 1. The maximum Gasteiger partial charge on any atom is 0.330 e. The van der Waals surface area contributed by atoms with Crippen LogP contribution in [-0.2, 0) is 30.3 Å². The number of rotatable bonds is 7. The lowest BCUT2D eigenvalue weighted by Crippen LogP contribution is -2.48. The summed E-state index contributed by atoms with van der Waals surface area (Å²) in [5.74, 6) is -2.08. The van der Waals surface area contributed by atoms with Crippen LogP contribution in [0.1, 0.15) is 30.4 Å². The number of ether oxygens (including phenoxy) is 1. The Balaban J connectivity index is 1.32. The molecule has 2 aromatic rings. The summed E-state index contributed by atoms with van der Waals surface area (Å²) in [5.41, 5.74) is 2.13. The van der Waals surface area contributed by atoms with Crippen molar-refractivity contribution in [3.05, 3.63) is 64.7 Å². The van der Waals surface area contributed by atoms with Gasteiger partial charge in [-0.1, -0.05) is 48.0 Å². The van der Waals surface area contributed by atoms with Crippen LogP contribution in [0.3, 0.4) is 0 Å². The van der Waals surface area contributed by atoms with E-state index in [9.17, 15) is 19.2 Å². The number of nitrogens with one attached hydrogen (secondary N) is 1. The van der Waals surface area contributed by atoms with Crippen molar-refractivity contribution in [1.82, 2.24) is 4.90 Å². The van der Waals surface area contributed by atoms with E-state index in [2.05, 4.69) is 5.32 Å². The van der Waals surface area contributed by atoms with Crippen LogP contribution in [0.25, 0.3) is 0 Å². The van der Waals surface area contributed by atoms with Crippen molar-refractivity contribution in [3.63, 3.8) is 0 Å². The van der Waals surface area contributed by atoms with Crippen molar-refractivity contribution in [2.45, 2.75) is 38.6 Å². The Morgan fingerprint density at radius 3 is 2.37 bits per heavy atom. The van der Waals surface area contributed by atoms with E-state index in [4.69, 9.17) is 16.3 Å². The standard InChI is InChI=1S/C27H27ClN2O5/c1-15-7-10-19(28)13-20(15)29-22(31)14-35-27(34)21(11-16-5-3-2-4-6-16)30-25(32)23-17-8-9-18(12-17)24(23)26(30)33/h2-7,10,13,17-18,21,23-24H,8-9,11-12,14H2,1H3,(H,29,31)/t17-,18-,21-,23-,24+/m0/s1. The third kappa shape index (κ3) is 4.45. The molecule has 3 aliphatic rings. The second-order valence-corrected chi connectivity index (χ2v) is 10.2. The van der Waals surface area contributed by atoms with Gasteiger partial charge >= 0.3 is 5.97 Å². The molecule has 5 rings (SSSR count). The molecular formula is C27H27ClN2O5. The number of esters is 1. The lowest BCUT2D eigenvalue weighted by Gasteiger charge is -2.26. The van der Waals surface area contributed by atoms with E-state index in [0.29, 0.717) is 10.7 Å². The molecule has 35 heavy (non-hydrogen) atoms. The van der Waals surface area contributed by atoms with Gasteiger partial charge in [-0.2, -0.15) is 0 Å². The molecule has 8 heteroatoms. The van der Waals surface area contributed by atoms with E-state index in [1.165, 1.54) is 0 Å². The zero-order valence-corrected chi connectivity index (χ0v) is 20.2. The fourth-order valence-corrected chi connectivity index (χ4v) is 6.18. The molecule has 3 amide bonds. The fraction of sp³-hybridized carbons (Fsp3) is 0.407. The Labute approximate surface area is 208 Å². The van der Waals surface area contributed by atoms with Gasteiger partial charge in [-0.25, -0.2) is 4.79 Å². The van der Waals surface area contributed by atoms with Gasteiger partial charge in [-0.15, -0.1) is 0 Å². The van der Waals surface area contributed by atoms with Crippen LogP contribution in [0.2, 0.25) is 5.02 Å². The Bertz CT molecular complexity index is 1160. The Kier molecular flexibility index (Phi) is 6.36. The number of nitrogens with zero attached hydrogens (tertiary/aromatic N) is 1. The summed E-state index contributed by atoms with van der Waals surface area (Å²) in [6.07, 6.45) is 2.96. The summed E-state index contributed by atoms with van der Waals surface area (Å²) in [6.45, 7) is 1.28. The van der Waals surface area contributed by atoms with Crippen molar-refractivity contribution in [2.75, 3.05) is 11.9 Å². The van der Waals surface area contributed by atoms with Gasteiger partial charge in [-0.05, 0) is 61.3 Å². The van der Waals surface area contributed by atoms with Gasteiger partial charge in [0.1, 0.15) is 6.04 Å². The number of hydrogen-bond acceptors (Lipinski definition) is 5. The van der Waals surface area contributed by atoms with Crippen molar-refractivity contribution < 1.29 is 23.9 Å². The van der Waals surface area contributed by atoms with E-state index in [1.54, 1.807) is 18.2 Å². The van der Waals surface area contributed by atoms with Crippen LogP contribution in [0, 0.1) is 30.6 Å². The summed E-state index contributed by atoms with van der Waals surface area (Å²) in [7, 11) is 0. The molecule has 2 aliphatic carbocycles. The first kappa shape index (κ1) is 23.5. The van der Waals surface area contributed by atoms with E-state index < -0.39 is 24.5 Å². The molecule has 5 atom stereocenters. The minimum absolute atomic E-state index is 0.140. The lowest BCUT2D eigenvalue weighted by atomic mass is 9.81. The van der Waals surface area contributed by atoms with Gasteiger partial charge in [0.2, 0.25) is 11.8 Å². The normalized spacial score (nSPS) is 25.5. The fourth-order valence-electron chi connectivity index (χ4n) is 6.00. The second-order valence-electron chi connectivity index (χ2n) is 9.75. The average Bonchev–Trinajstić information content (AvgIpc) is 3.53. The molecular weight excluding hydrogens is 468 g/mol. The number of carbonyl (C=O) groups is 4. The SMILES string of the molecule is Cc1ccc(Cl)cc1NC(=O)COC(=O)[C@H](Cc1ccccc1)N1C(=O)[C@@H]2[C@H]3CC[C@@H](C3)[C@@H]2C1=O. The zero-order chi connectivity index (χ0) is 24.7. The monoisotopic (exact) mass is 494 g/mol. The smallest absolute Gasteiger partial charge is 0.330 e. The largest absolute Gasteiger partial charge is 0.454 e. The van der Waals surface area contributed by atoms with Gasteiger partial charge < -0.3 is 10.1 Å². The van der Waals surface area contributed by atoms with Gasteiger partial charge in [0.05, 0.1) is 11.8 Å². The molecule has 2 saturated carbocycles. The summed E-state index contributed by atoms with van der Waals surface area (Å²) in [5, 5.41) is 3.16. The van der Waals surface area contributed by atoms with Gasteiger partial charge in [-0.3, -0.25) is 19.3 Å². The number of anilines is 1. The molecule has 1 aliphatic heterocycles. The van der Waals surface area contributed by atoms with Crippen LogP contribution in [0.4, 0.5) is 5.69 Å². The predicted molar refractivity (Wildman–Crippen MR) is 129 cm³/mol. The van der Waals surface area contributed by atoms with Crippen LogP contribution in [-0.4, -0.2) is 41.2 Å². The van der Waals surface area contributed by atoms with Gasteiger partial charge in [0.15, 0.2) is 6.61 Å². The van der Waals surface area contributed by atoms with E-state index >= 15 is 0 Å². The van der Waals surface area contributed by atoms with Crippen LogP contribution < -0.4 is 5.32 Å². The molecule has 0 aromatic heterocycles. The molecule has 2 aromatic carbocycles. The van der Waals surface area contributed by atoms with Crippen LogP contribution >= 0.6 is 11.6 Å². The third-order valence-electron chi connectivity index (χ3n) is 7.64. The molecule has 0 radical (unpaired) electrons. The third-order valence-corrected chi connectivity index (χ3v) is 7.87. The number of aryl methyl sites for hydroxylation is 1. The number of amides is 3. The quantitative estimate of drug-likeness (QED) is 0.467. The molecule has 0 spiro atoms. The van der Waals surface area contributed by atoms with E-state index in [-0.39, 0.29) is 41.9 Å². The maximum absolute atomic E-state index is 13.4. The number of halogens is 1. The minimum Gasteiger partial charge on any atom is -0.454 e. The molecule has 7 nitrogen and oxygen atoms in total. The van der Waals surface area contributed by atoms with Crippen molar-refractivity contribution in [2.24, 2.45) is 23.7 Å². The topological polar surface area (TPSA) is 92.8 Å². The Morgan fingerprint density at radius 1 is 1.06 bits per heavy atom. The molecule has 0 unspecified atom stereocenters. The number of likely N-dealkylation sites (tertiary alicyclic amines) is 1. The summed E-state index contributed by atoms with van der Waals surface area (Å²) in [6, 6.07) is 13.2. The van der Waals surface area contributed by atoms with E-state index in [0.717, 1.165) is 35.3 Å². The average molecular weight is 495 g/mol. The van der Waals surface area contributed by atoms with Crippen molar-refractivity contribution in [1.29, 1.82) is 0 Å². The number of benzene rings is 2. The summed E-state index contributed by atoms with van der Waals surface area (Å²) >= 11 is 6.01. The summed E-state index contributed by atoms with van der Waals surface area (Å²) < 4.78 is 5.35. The molecule has 1 saturated heterocycles. The highest BCUT2D eigenvalue weighted by molar-refractivity contribution is 6.31. The van der Waals surface area contributed by atoms with E-state index in [1.807, 2.05) is 37.3 Å². The van der Waals surface area contributed by atoms with Crippen molar-refractivity contribution in [3.8, 4) is 0 Å². The van der Waals surface area contributed by atoms with Gasteiger partial charge in [0.25, 0.3) is 5.91 Å². The first-order chi connectivity index (χ1) is 16.8. The molecule has 1 heterocycles. The first-order valence-corrected chi connectivity index (χ1v) is 12.3. The zero-order valence-electron chi connectivity index (χ0n) is 19.4. The maximum atomic E-state index is 13.4. The number of carbonyl (C=O) groups excluding carboxylic acids is 4. The Hall–Kier alpha value is -3.19. The number of fused-ring (bicyclic) bond motifs is 5. The van der Waals surface area contributed by atoms with Gasteiger partial charge in [0, 0.05) is 17.1 Å². The molecule has 182 valence electrons. The Morgan fingerprint density at radius 2 is 1.71 bits per heavy atom.